The summed E-state index contributed by atoms with van der Waals surface area (Å²) >= 11 is 0. The third-order valence-electron chi connectivity index (χ3n) is 1.96. The van der Waals surface area contributed by atoms with Crippen molar-refractivity contribution in [2.24, 2.45) is 11.8 Å². The van der Waals surface area contributed by atoms with Crippen molar-refractivity contribution >= 4 is 6.41 Å². The Bertz CT molecular complexity index is 100. The smallest absolute Gasteiger partial charge is 0.207 e. The summed E-state index contributed by atoms with van der Waals surface area (Å²) in [6.07, 6.45) is 3.37. The predicted molar refractivity (Wildman–Crippen MR) is 44.1 cm³/mol. The molecule has 0 radical (unpaired) electrons. The molecule has 0 unspecified atom stereocenters. The van der Waals surface area contributed by atoms with Crippen LogP contribution < -0.4 is 5.32 Å². The molecule has 3 nitrogen and oxygen atoms in total. The summed E-state index contributed by atoms with van der Waals surface area (Å²) in [5.41, 5.74) is 0. The van der Waals surface area contributed by atoms with E-state index in [1.165, 1.54) is 12.8 Å². The minimum Gasteiger partial charge on any atom is -0.400 e. The number of amides is 1. The molecule has 1 saturated carbocycles. The van der Waals surface area contributed by atoms with E-state index < -0.39 is 0 Å². The third kappa shape index (κ3) is 3.98. The van der Waals surface area contributed by atoms with Crippen LogP contribution in [0.3, 0.4) is 0 Å². The van der Waals surface area contributed by atoms with Gasteiger partial charge < -0.3 is 10.4 Å². The van der Waals surface area contributed by atoms with Crippen molar-refractivity contribution < 1.29 is 9.90 Å². The van der Waals surface area contributed by atoms with E-state index in [0.29, 0.717) is 0 Å². The Morgan fingerprint density at radius 1 is 1.55 bits per heavy atom. The summed E-state index contributed by atoms with van der Waals surface area (Å²) in [6.45, 7) is 3.13. The first kappa shape index (κ1) is 10.4. The van der Waals surface area contributed by atoms with Crippen LogP contribution in [0.2, 0.25) is 0 Å². The molecular formula is C8H17NO2. The second-order valence-electron chi connectivity index (χ2n) is 2.97. The third-order valence-corrected chi connectivity index (χ3v) is 1.96. The predicted octanol–water partition coefficient (Wildman–Crippen LogP) is 0.387. The van der Waals surface area contributed by atoms with Crippen molar-refractivity contribution in [2.75, 3.05) is 13.7 Å². The molecule has 0 aliphatic heterocycles. The van der Waals surface area contributed by atoms with Gasteiger partial charge in [-0.15, -0.1) is 0 Å². The van der Waals surface area contributed by atoms with Crippen LogP contribution in [-0.2, 0) is 4.79 Å². The second kappa shape index (κ2) is 6.16. The Labute approximate surface area is 67.8 Å². The van der Waals surface area contributed by atoms with Crippen molar-refractivity contribution in [2.45, 2.75) is 19.8 Å². The highest BCUT2D eigenvalue weighted by atomic mass is 16.2. The lowest BCUT2D eigenvalue weighted by molar-refractivity contribution is -0.109. The second-order valence-corrected chi connectivity index (χ2v) is 2.97. The van der Waals surface area contributed by atoms with Crippen LogP contribution in [0, 0.1) is 11.8 Å². The number of aliphatic hydroxyl groups excluding tert-OH is 1. The van der Waals surface area contributed by atoms with E-state index in [2.05, 4.69) is 12.2 Å². The molecule has 1 aliphatic carbocycles. The molecule has 11 heavy (non-hydrogen) atoms. The topological polar surface area (TPSA) is 49.3 Å². The van der Waals surface area contributed by atoms with Gasteiger partial charge in [0, 0.05) is 13.7 Å². The Kier molecular flexibility index (Phi) is 5.84. The van der Waals surface area contributed by atoms with Gasteiger partial charge in [0.25, 0.3) is 0 Å². The maximum Gasteiger partial charge on any atom is 0.207 e. The zero-order chi connectivity index (χ0) is 8.69. The molecular weight excluding hydrogens is 142 g/mol. The molecule has 0 bridgehead atoms. The first-order valence-electron chi connectivity index (χ1n) is 3.94. The lowest BCUT2D eigenvalue weighted by Crippen LogP contribution is -2.31. The quantitative estimate of drug-likeness (QED) is 0.585. The van der Waals surface area contributed by atoms with Crippen molar-refractivity contribution in [3.05, 3.63) is 0 Å². The van der Waals surface area contributed by atoms with Gasteiger partial charge in [0.15, 0.2) is 0 Å². The minimum atomic E-state index is 0.769. The van der Waals surface area contributed by atoms with Crippen LogP contribution in [-0.4, -0.2) is 25.2 Å². The Balaban J connectivity index is 0.000000461. The van der Waals surface area contributed by atoms with Crippen LogP contribution in [0.1, 0.15) is 19.8 Å². The molecule has 0 saturated heterocycles. The largest absolute Gasteiger partial charge is 0.400 e. The molecule has 1 rings (SSSR count). The molecule has 0 heterocycles. The fraction of sp³-hybridized carbons (Fsp3) is 0.875. The van der Waals surface area contributed by atoms with Gasteiger partial charge in [-0.2, -0.15) is 0 Å². The van der Waals surface area contributed by atoms with Crippen molar-refractivity contribution in [3.8, 4) is 0 Å². The first-order chi connectivity index (χ1) is 5.33. The molecule has 0 aromatic rings. The maximum absolute atomic E-state index is 9.82. The van der Waals surface area contributed by atoms with Crippen LogP contribution >= 0.6 is 0 Å². The molecule has 0 aromatic heterocycles. The summed E-state index contributed by atoms with van der Waals surface area (Å²) in [6, 6.07) is 0. The van der Waals surface area contributed by atoms with Crippen molar-refractivity contribution in [1.29, 1.82) is 0 Å². The maximum atomic E-state index is 9.82. The monoisotopic (exact) mass is 159 g/mol. The van der Waals surface area contributed by atoms with E-state index in [-0.39, 0.29) is 0 Å². The van der Waals surface area contributed by atoms with E-state index in [1.807, 2.05) is 0 Å². The zero-order valence-corrected chi connectivity index (χ0v) is 7.21. The van der Waals surface area contributed by atoms with E-state index in [4.69, 9.17) is 5.11 Å². The molecule has 0 atom stereocenters. The molecule has 1 aliphatic rings. The molecule has 0 aromatic carbocycles. The molecule has 1 amide bonds. The van der Waals surface area contributed by atoms with Crippen molar-refractivity contribution in [1.82, 2.24) is 5.32 Å². The summed E-state index contributed by atoms with van der Waals surface area (Å²) in [4.78, 5) is 9.82. The average Bonchev–Trinajstić information content (AvgIpc) is 2.00. The van der Waals surface area contributed by atoms with E-state index >= 15 is 0 Å². The number of carbonyl (C=O) groups excluding carboxylic acids is 1. The highest BCUT2D eigenvalue weighted by Gasteiger charge is 2.24. The number of hydrogen-bond donors (Lipinski definition) is 2. The highest BCUT2D eigenvalue weighted by molar-refractivity contribution is 5.45. The highest BCUT2D eigenvalue weighted by Crippen LogP contribution is 2.31. The van der Waals surface area contributed by atoms with Crippen LogP contribution in [0.4, 0.5) is 0 Å². The summed E-state index contributed by atoms with van der Waals surface area (Å²) in [5, 5.41) is 9.69. The van der Waals surface area contributed by atoms with Gasteiger partial charge in [-0.05, 0) is 24.7 Å². The van der Waals surface area contributed by atoms with Gasteiger partial charge in [-0.1, -0.05) is 6.92 Å². The van der Waals surface area contributed by atoms with E-state index in [9.17, 15) is 4.79 Å². The van der Waals surface area contributed by atoms with Crippen LogP contribution in [0.5, 0.6) is 0 Å². The van der Waals surface area contributed by atoms with Gasteiger partial charge in [0.05, 0.1) is 0 Å². The number of hydrogen-bond acceptors (Lipinski definition) is 2. The Morgan fingerprint density at radius 2 is 2.09 bits per heavy atom. The lowest BCUT2D eigenvalue weighted by atomic mass is 9.76. The minimum absolute atomic E-state index is 0.769. The first-order valence-corrected chi connectivity index (χ1v) is 3.94. The molecule has 1 fully saturated rings. The van der Waals surface area contributed by atoms with Gasteiger partial charge in [0.2, 0.25) is 6.41 Å². The van der Waals surface area contributed by atoms with Gasteiger partial charge in [0.1, 0.15) is 0 Å². The number of carbonyl (C=O) groups is 1. The Morgan fingerprint density at radius 3 is 2.45 bits per heavy atom. The summed E-state index contributed by atoms with van der Waals surface area (Å²) in [7, 11) is 1.00. The van der Waals surface area contributed by atoms with Crippen molar-refractivity contribution in [3.63, 3.8) is 0 Å². The van der Waals surface area contributed by atoms with E-state index in [0.717, 1.165) is 31.9 Å². The summed E-state index contributed by atoms with van der Waals surface area (Å²) in [5.74, 6) is 1.66. The standard InChI is InChI=1S/C7H13NO.CH4O/c1-6-2-7(3-6)4-8-5-9;1-2/h5-7H,2-4H2,1H3,(H,8,9);2H,1H3. The number of aliphatic hydroxyl groups is 1. The van der Waals surface area contributed by atoms with Gasteiger partial charge in [-0.3, -0.25) is 4.79 Å². The summed E-state index contributed by atoms with van der Waals surface area (Å²) < 4.78 is 0. The molecule has 2 N–H and O–H groups in total. The SMILES string of the molecule is CC1CC(CNC=O)C1.CO. The average molecular weight is 159 g/mol. The molecule has 66 valence electrons. The fourth-order valence-electron chi connectivity index (χ4n) is 1.45. The molecule has 3 heteroatoms. The van der Waals surface area contributed by atoms with Gasteiger partial charge >= 0.3 is 0 Å². The van der Waals surface area contributed by atoms with E-state index in [1.54, 1.807) is 0 Å². The lowest BCUT2D eigenvalue weighted by Gasteiger charge is -2.32. The number of nitrogens with one attached hydrogen (secondary N) is 1. The normalized spacial score (nSPS) is 27.5. The number of rotatable bonds is 3. The van der Waals surface area contributed by atoms with Crippen LogP contribution in [0.25, 0.3) is 0 Å². The van der Waals surface area contributed by atoms with Crippen LogP contribution in [0.15, 0.2) is 0 Å². The molecule has 0 spiro atoms. The Hall–Kier alpha value is -0.570. The fourth-order valence-corrected chi connectivity index (χ4v) is 1.45. The zero-order valence-electron chi connectivity index (χ0n) is 7.21. The van der Waals surface area contributed by atoms with Gasteiger partial charge in [-0.25, -0.2) is 0 Å².